The molecule has 0 aromatic heterocycles. The molecule has 0 amide bonds. The Hall–Kier alpha value is -1.42. The number of rotatable bonds is 2. The summed E-state index contributed by atoms with van der Waals surface area (Å²) in [7, 11) is 0. The zero-order chi connectivity index (χ0) is 7.94. The van der Waals surface area contributed by atoms with Crippen molar-refractivity contribution < 1.29 is 4.74 Å². The standard InChI is InChI=1S/C10H9O/c1-2-3-9-11-10-7-5-4-6-8-10/h4-5,7-8H,9H2,1H3. The van der Waals surface area contributed by atoms with Crippen LogP contribution in [-0.2, 0) is 0 Å². The molecule has 0 saturated heterocycles. The normalized spacial score (nSPS) is 8.09. The van der Waals surface area contributed by atoms with Gasteiger partial charge in [-0.25, -0.2) is 0 Å². The van der Waals surface area contributed by atoms with Gasteiger partial charge in [0.15, 0.2) is 0 Å². The van der Waals surface area contributed by atoms with Gasteiger partial charge in [0.05, 0.1) is 0 Å². The molecule has 11 heavy (non-hydrogen) atoms. The van der Waals surface area contributed by atoms with Crippen LogP contribution in [0.1, 0.15) is 6.92 Å². The summed E-state index contributed by atoms with van der Waals surface area (Å²) in [6.45, 7) is 2.24. The van der Waals surface area contributed by atoms with Crippen LogP contribution in [0.2, 0.25) is 0 Å². The maximum atomic E-state index is 5.24. The van der Waals surface area contributed by atoms with Gasteiger partial charge in [-0.1, -0.05) is 18.1 Å². The molecular formula is C10H9O. The summed E-state index contributed by atoms with van der Waals surface area (Å²) in [6, 6.07) is 10.3. The van der Waals surface area contributed by atoms with E-state index in [9.17, 15) is 0 Å². The first-order chi connectivity index (χ1) is 5.43. The molecule has 0 saturated carbocycles. The molecule has 0 spiro atoms. The first kappa shape index (κ1) is 7.68. The maximum absolute atomic E-state index is 5.24. The molecular weight excluding hydrogens is 136 g/mol. The number of benzene rings is 1. The Morgan fingerprint density at radius 3 is 3.18 bits per heavy atom. The Balaban J connectivity index is 2.43. The lowest BCUT2D eigenvalue weighted by Crippen LogP contribution is -1.92. The molecule has 0 bridgehead atoms. The van der Waals surface area contributed by atoms with E-state index in [-0.39, 0.29) is 0 Å². The Morgan fingerprint density at radius 2 is 2.55 bits per heavy atom. The Bertz CT molecular complexity index is 253. The maximum Gasteiger partial charge on any atom is 0.149 e. The van der Waals surface area contributed by atoms with E-state index in [1.807, 2.05) is 18.2 Å². The number of ether oxygens (including phenoxy) is 1. The third kappa shape index (κ3) is 2.77. The fourth-order valence-corrected chi connectivity index (χ4v) is 0.658. The van der Waals surface area contributed by atoms with E-state index in [1.54, 1.807) is 13.0 Å². The van der Waals surface area contributed by atoms with Crippen LogP contribution in [0.4, 0.5) is 0 Å². The Labute approximate surface area is 67.0 Å². The van der Waals surface area contributed by atoms with Crippen LogP contribution in [0.25, 0.3) is 0 Å². The summed E-state index contributed by atoms with van der Waals surface area (Å²) in [5.41, 5.74) is 0. The van der Waals surface area contributed by atoms with Crippen LogP contribution in [0, 0.1) is 17.9 Å². The zero-order valence-corrected chi connectivity index (χ0v) is 6.42. The third-order valence-corrected chi connectivity index (χ3v) is 1.17. The van der Waals surface area contributed by atoms with Gasteiger partial charge in [-0.3, -0.25) is 0 Å². The van der Waals surface area contributed by atoms with Crippen molar-refractivity contribution in [3.05, 3.63) is 30.3 Å². The second-order valence-electron chi connectivity index (χ2n) is 1.95. The minimum absolute atomic E-state index is 0.453. The van der Waals surface area contributed by atoms with Crippen molar-refractivity contribution in [3.8, 4) is 17.6 Å². The zero-order valence-electron chi connectivity index (χ0n) is 6.42. The van der Waals surface area contributed by atoms with Gasteiger partial charge in [-0.2, -0.15) is 0 Å². The smallest absolute Gasteiger partial charge is 0.149 e. The molecule has 0 aliphatic heterocycles. The van der Waals surface area contributed by atoms with Gasteiger partial charge < -0.3 is 4.74 Å². The van der Waals surface area contributed by atoms with Crippen LogP contribution < -0.4 is 4.74 Å². The topological polar surface area (TPSA) is 9.23 Å². The fourth-order valence-electron chi connectivity index (χ4n) is 0.658. The highest BCUT2D eigenvalue weighted by atomic mass is 16.5. The van der Waals surface area contributed by atoms with Crippen LogP contribution in [-0.4, -0.2) is 6.61 Å². The summed E-state index contributed by atoms with van der Waals surface area (Å²) >= 11 is 0. The van der Waals surface area contributed by atoms with Crippen molar-refractivity contribution in [2.75, 3.05) is 6.61 Å². The largest absolute Gasteiger partial charge is 0.481 e. The molecule has 0 fully saturated rings. The highest BCUT2D eigenvalue weighted by Crippen LogP contribution is 2.06. The molecule has 0 atom stereocenters. The lowest BCUT2D eigenvalue weighted by molar-refractivity contribution is 0.370. The van der Waals surface area contributed by atoms with Crippen LogP contribution >= 0.6 is 0 Å². The molecule has 1 radical (unpaired) electrons. The molecule has 1 rings (SSSR count). The lowest BCUT2D eigenvalue weighted by atomic mass is 10.3. The lowest BCUT2D eigenvalue weighted by Gasteiger charge is -1.98. The van der Waals surface area contributed by atoms with E-state index < -0.39 is 0 Å². The van der Waals surface area contributed by atoms with Crippen molar-refractivity contribution in [2.45, 2.75) is 6.92 Å². The number of hydrogen-bond acceptors (Lipinski definition) is 1. The molecule has 55 valence electrons. The molecule has 1 aromatic rings. The predicted octanol–water partition coefficient (Wildman–Crippen LogP) is 1.89. The predicted molar refractivity (Wildman–Crippen MR) is 44.2 cm³/mol. The van der Waals surface area contributed by atoms with E-state index in [0.29, 0.717) is 6.61 Å². The van der Waals surface area contributed by atoms with E-state index in [2.05, 4.69) is 17.9 Å². The van der Waals surface area contributed by atoms with Crippen molar-refractivity contribution in [1.82, 2.24) is 0 Å². The van der Waals surface area contributed by atoms with Crippen molar-refractivity contribution in [2.24, 2.45) is 0 Å². The van der Waals surface area contributed by atoms with E-state index in [0.717, 1.165) is 5.75 Å². The van der Waals surface area contributed by atoms with E-state index >= 15 is 0 Å². The summed E-state index contributed by atoms with van der Waals surface area (Å²) < 4.78 is 5.24. The fraction of sp³-hybridized carbons (Fsp3) is 0.200. The highest BCUT2D eigenvalue weighted by molar-refractivity contribution is 5.20. The second-order valence-corrected chi connectivity index (χ2v) is 1.95. The first-order valence-corrected chi connectivity index (χ1v) is 3.42. The summed E-state index contributed by atoms with van der Waals surface area (Å²) in [5.74, 6) is 6.38. The van der Waals surface area contributed by atoms with Gasteiger partial charge >= 0.3 is 0 Å². The Kier molecular flexibility index (Phi) is 3.08. The van der Waals surface area contributed by atoms with Crippen LogP contribution in [0.5, 0.6) is 5.75 Å². The first-order valence-electron chi connectivity index (χ1n) is 3.42. The summed E-state index contributed by atoms with van der Waals surface area (Å²) in [6.07, 6.45) is 0. The molecule has 1 nitrogen and oxygen atoms in total. The molecule has 1 aromatic carbocycles. The van der Waals surface area contributed by atoms with Crippen LogP contribution in [0.15, 0.2) is 24.3 Å². The van der Waals surface area contributed by atoms with Crippen molar-refractivity contribution in [1.29, 1.82) is 0 Å². The van der Waals surface area contributed by atoms with Gasteiger partial charge in [0, 0.05) is 0 Å². The van der Waals surface area contributed by atoms with E-state index in [4.69, 9.17) is 4.74 Å². The Morgan fingerprint density at radius 1 is 1.64 bits per heavy atom. The summed E-state index contributed by atoms with van der Waals surface area (Å²) in [4.78, 5) is 0. The average Bonchev–Trinajstić information content (AvgIpc) is 2.07. The minimum Gasteiger partial charge on any atom is -0.481 e. The highest BCUT2D eigenvalue weighted by Gasteiger charge is 1.85. The third-order valence-electron chi connectivity index (χ3n) is 1.17. The van der Waals surface area contributed by atoms with Gasteiger partial charge in [0.1, 0.15) is 12.4 Å². The van der Waals surface area contributed by atoms with Crippen LogP contribution in [0.3, 0.4) is 0 Å². The second kappa shape index (κ2) is 4.40. The molecule has 1 heteroatoms. The molecule has 0 N–H and O–H groups in total. The average molecular weight is 145 g/mol. The summed E-state index contributed by atoms with van der Waals surface area (Å²) in [5, 5.41) is 0. The van der Waals surface area contributed by atoms with Crippen molar-refractivity contribution >= 4 is 0 Å². The van der Waals surface area contributed by atoms with Gasteiger partial charge in [-0.05, 0) is 25.1 Å². The quantitative estimate of drug-likeness (QED) is 0.577. The SMILES string of the molecule is CC#CCOc1c[c]ccc1. The molecule has 0 unspecified atom stereocenters. The molecule has 0 heterocycles. The molecule has 0 aliphatic rings. The van der Waals surface area contributed by atoms with Crippen molar-refractivity contribution in [3.63, 3.8) is 0 Å². The van der Waals surface area contributed by atoms with Gasteiger partial charge in [-0.15, -0.1) is 5.92 Å². The number of hydrogen-bond donors (Lipinski definition) is 0. The van der Waals surface area contributed by atoms with E-state index in [1.165, 1.54) is 0 Å². The molecule has 0 aliphatic carbocycles. The van der Waals surface area contributed by atoms with Gasteiger partial charge in [0.2, 0.25) is 0 Å². The monoisotopic (exact) mass is 145 g/mol. The van der Waals surface area contributed by atoms with Gasteiger partial charge in [0.25, 0.3) is 0 Å². The minimum atomic E-state index is 0.453.